The lowest BCUT2D eigenvalue weighted by Crippen LogP contribution is -2.38. The van der Waals surface area contributed by atoms with Gasteiger partial charge in [0.15, 0.2) is 6.10 Å². The second-order valence-electron chi connectivity index (χ2n) is 6.51. The number of carbonyl (C=O) groups excluding carboxylic acids is 2. The molecule has 3 rings (SSSR count). The minimum atomic E-state index is -0.543. The molecule has 6 nitrogen and oxygen atoms in total. The van der Waals surface area contributed by atoms with E-state index >= 15 is 0 Å². The molecule has 0 radical (unpaired) electrons. The van der Waals surface area contributed by atoms with Crippen molar-refractivity contribution >= 4 is 17.5 Å². The summed E-state index contributed by atoms with van der Waals surface area (Å²) in [5.74, 6) is 0.450. The van der Waals surface area contributed by atoms with Crippen molar-refractivity contribution in [2.24, 2.45) is 0 Å². The lowest BCUT2D eigenvalue weighted by molar-refractivity contribution is -0.137. The van der Waals surface area contributed by atoms with Crippen molar-refractivity contribution in [3.63, 3.8) is 0 Å². The van der Waals surface area contributed by atoms with Crippen molar-refractivity contribution in [1.29, 1.82) is 0 Å². The van der Waals surface area contributed by atoms with Crippen LogP contribution in [0.1, 0.15) is 29.3 Å². The number of methoxy groups -OCH3 is 1. The molecule has 1 unspecified atom stereocenters. The zero-order valence-electron chi connectivity index (χ0n) is 15.6. The number of hydrogen-bond donors (Lipinski definition) is 1. The van der Waals surface area contributed by atoms with Crippen molar-refractivity contribution < 1.29 is 19.1 Å². The van der Waals surface area contributed by atoms with E-state index in [2.05, 4.69) is 5.32 Å². The molecule has 0 fully saturated rings. The summed E-state index contributed by atoms with van der Waals surface area (Å²) >= 11 is 0. The van der Waals surface area contributed by atoms with Crippen LogP contribution in [0.5, 0.6) is 5.75 Å². The minimum Gasteiger partial charge on any atom is -0.481 e. The Hall–Kier alpha value is -2.86. The topological polar surface area (TPSA) is 67.9 Å². The third-order valence-corrected chi connectivity index (χ3v) is 4.46. The van der Waals surface area contributed by atoms with Gasteiger partial charge in [0, 0.05) is 43.6 Å². The SMILES string of the molecule is COCCCN1Cc2cc(NC(=O)c3ccccc3)ccc2OC(C)C1=O. The highest BCUT2D eigenvalue weighted by atomic mass is 16.5. The summed E-state index contributed by atoms with van der Waals surface area (Å²) in [7, 11) is 1.65. The van der Waals surface area contributed by atoms with Crippen LogP contribution in [0.2, 0.25) is 0 Å². The van der Waals surface area contributed by atoms with Crippen molar-refractivity contribution in [1.82, 2.24) is 4.90 Å². The Kier molecular flexibility index (Phi) is 6.08. The summed E-state index contributed by atoms with van der Waals surface area (Å²) < 4.78 is 10.9. The fraction of sp³-hybridized carbons (Fsp3) is 0.333. The number of rotatable bonds is 6. The first-order valence-electron chi connectivity index (χ1n) is 9.02. The fourth-order valence-corrected chi connectivity index (χ4v) is 3.06. The molecule has 0 saturated heterocycles. The van der Waals surface area contributed by atoms with E-state index < -0.39 is 6.10 Å². The summed E-state index contributed by atoms with van der Waals surface area (Å²) in [6.07, 6.45) is 0.216. The summed E-state index contributed by atoms with van der Waals surface area (Å²) in [6, 6.07) is 14.5. The third kappa shape index (κ3) is 4.65. The molecule has 1 aliphatic heterocycles. The normalized spacial score (nSPS) is 16.3. The fourth-order valence-electron chi connectivity index (χ4n) is 3.06. The smallest absolute Gasteiger partial charge is 0.263 e. The van der Waals surface area contributed by atoms with Crippen LogP contribution in [0.25, 0.3) is 0 Å². The van der Waals surface area contributed by atoms with Gasteiger partial charge in [0.2, 0.25) is 0 Å². The van der Waals surface area contributed by atoms with Gasteiger partial charge in [-0.3, -0.25) is 9.59 Å². The lowest BCUT2D eigenvalue weighted by Gasteiger charge is -2.22. The molecule has 0 bridgehead atoms. The van der Waals surface area contributed by atoms with Gasteiger partial charge in [0.05, 0.1) is 0 Å². The van der Waals surface area contributed by atoms with Crippen LogP contribution < -0.4 is 10.1 Å². The molecule has 2 aromatic carbocycles. The van der Waals surface area contributed by atoms with Gasteiger partial charge in [-0.05, 0) is 43.7 Å². The highest BCUT2D eigenvalue weighted by molar-refractivity contribution is 6.04. The maximum atomic E-state index is 12.5. The van der Waals surface area contributed by atoms with E-state index in [0.717, 1.165) is 12.0 Å². The first-order valence-corrected chi connectivity index (χ1v) is 9.02. The molecular weight excluding hydrogens is 344 g/mol. The first-order chi connectivity index (χ1) is 13.1. The van der Waals surface area contributed by atoms with Gasteiger partial charge in [0.1, 0.15) is 5.75 Å². The van der Waals surface area contributed by atoms with E-state index in [-0.39, 0.29) is 11.8 Å². The average molecular weight is 368 g/mol. The molecule has 2 aromatic rings. The first kappa shape index (κ1) is 18.9. The lowest BCUT2D eigenvalue weighted by atomic mass is 10.1. The highest BCUT2D eigenvalue weighted by Gasteiger charge is 2.27. The predicted octanol–water partition coefficient (Wildman–Crippen LogP) is 3.08. The van der Waals surface area contributed by atoms with Gasteiger partial charge in [0.25, 0.3) is 11.8 Å². The van der Waals surface area contributed by atoms with Crippen LogP contribution in [0, 0.1) is 0 Å². The molecule has 1 N–H and O–H groups in total. The Morgan fingerprint density at radius 1 is 1.26 bits per heavy atom. The van der Waals surface area contributed by atoms with Crippen LogP contribution >= 0.6 is 0 Å². The molecule has 1 atom stereocenters. The van der Waals surface area contributed by atoms with Crippen molar-refractivity contribution in [2.45, 2.75) is 26.0 Å². The van der Waals surface area contributed by atoms with Crippen LogP contribution in [-0.4, -0.2) is 43.1 Å². The third-order valence-electron chi connectivity index (χ3n) is 4.46. The Labute approximate surface area is 159 Å². The molecule has 27 heavy (non-hydrogen) atoms. The van der Waals surface area contributed by atoms with E-state index in [1.807, 2.05) is 24.3 Å². The van der Waals surface area contributed by atoms with Crippen LogP contribution in [0.4, 0.5) is 5.69 Å². The predicted molar refractivity (Wildman–Crippen MR) is 103 cm³/mol. The van der Waals surface area contributed by atoms with Gasteiger partial charge in [-0.15, -0.1) is 0 Å². The largest absolute Gasteiger partial charge is 0.481 e. The van der Waals surface area contributed by atoms with E-state index in [4.69, 9.17) is 9.47 Å². The molecule has 0 spiro atoms. The minimum absolute atomic E-state index is 0.0443. The Bertz CT molecular complexity index is 807. The van der Waals surface area contributed by atoms with Gasteiger partial charge >= 0.3 is 0 Å². The molecule has 1 heterocycles. The molecule has 0 aliphatic carbocycles. The standard InChI is InChI=1S/C21H24N2O4/c1-15-21(25)23(11-6-12-26-2)14-17-13-18(9-10-19(17)27-15)22-20(24)16-7-4-3-5-8-16/h3-5,7-10,13,15H,6,11-12,14H2,1-2H3,(H,22,24). The highest BCUT2D eigenvalue weighted by Crippen LogP contribution is 2.29. The second-order valence-corrected chi connectivity index (χ2v) is 6.51. The van der Waals surface area contributed by atoms with Crippen molar-refractivity contribution in [3.8, 4) is 5.75 Å². The number of anilines is 1. The summed E-state index contributed by atoms with van der Waals surface area (Å²) in [5.41, 5.74) is 2.13. The zero-order valence-corrected chi connectivity index (χ0v) is 15.6. The number of benzene rings is 2. The Morgan fingerprint density at radius 2 is 2.04 bits per heavy atom. The van der Waals surface area contributed by atoms with E-state index in [1.54, 1.807) is 43.2 Å². The van der Waals surface area contributed by atoms with Gasteiger partial charge in [-0.1, -0.05) is 18.2 Å². The Balaban J connectivity index is 1.77. The van der Waals surface area contributed by atoms with Crippen LogP contribution in [0.3, 0.4) is 0 Å². The summed E-state index contributed by atoms with van der Waals surface area (Å²) in [4.78, 5) is 26.7. The van der Waals surface area contributed by atoms with E-state index in [1.165, 1.54) is 0 Å². The van der Waals surface area contributed by atoms with E-state index in [0.29, 0.717) is 36.7 Å². The molecule has 142 valence electrons. The van der Waals surface area contributed by atoms with Crippen molar-refractivity contribution in [2.75, 3.05) is 25.6 Å². The van der Waals surface area contributed by atoms with Gasteiger partial charge in [-0.25, -0.2) is 0 Å². The molecule has 1 aliphatic rings. The molecule has 0 saturated carbocycles. The van der Waals surface area contributed by atoms with Crippen molar-refractivity contribution in [3.05, 3.63) is 59.7 Å². The number of nitrogens with one attached hydrogen (secondary N) is 1. The van der Waals surface area contributed by atoms with Gasteiger partial charge < -0.3 is 19.7 Å². The summed E-state index contributed by atoms with van der Waals surface area (Å²) in [5, 5.41) is 2.90. The molecule has 2 amide bonds. The molecule has 6 heteroatoms. The number of hydrogen-bond acceptors (Lipinski definition) is 4. The number of nitrogens with zero attached hydrogens (tertiary/aromatic N) is 1. The Morgan fingerprint density at radius 3 is 2.78 bits per heavy atom. The molecular formula is C21H24N2O4. The second kappa shape index (κ2) is 8.68. The summed E-state index contributed by atoms with van der Waals surface area (Å²) in [6.45, 7) is 3.39. The monoisotopic (exact) mass is 368 g/mol. The maximum Gasteiger partial charge on any atom is 0.263 e. The van der Waals surface area contributed by atoms with Gasteiger partial charge in [-0.2, -0.15) is 0 Å². The number of carbonyl (C=O) groups is 2. The van der Waals surface area contributed by atoms with Crippen LogP contribution in [-0.2, 0) is 16.1 Å². The average Bonchev–Trinajstić information content (AvgIpc) is 2.80. The molecule has 0 aromatic heterocycles. The number of fused-ring (bicyclic) bond motifs is 1. The maximum absolute atomic E-state index is 12.5. The quantitative estimate of drug-likeness (QED) is 0.796. The number of ether oxygens (including phenoxy) is 2. The van der Waals surface area contributed by atoms with E-state index in [9.17, 15) is 9.59 Å². The van der Waals surface area contributed by atoms with Crippen LogP contribution in [0.15, 0.2) is 48.5 Å². The number of amides is 2. The zero-order chi connectivity index (χ0) is 19.2.